The summed E-state index contributed by atoms with van der Waals surface area (Å²) in [7, 11) is 0. The van der Waals surface area contributed by atoms with Crippen LogP contribution in [0.3, 0.4) is 0 Å². The van der Waals surface area contributed by atoms with E-state index in [0.717, 1.165) is 24.8 Å². The Morgan fingerprint density at radius 2 is 2.11 bits per heavy atom. The molecule has 2 heterocycles. The highest BCUT2D eigenvalue weighted by molar-refractivity contribution is 8.00. The molecule has 0 fully saturated rings. The van der Waals surface area contributed by atoms with Gasteiger partial charge in [-0.25, -0.2) is 0 Å². The third-order valence-electron chi connectivity index (χ3n) is 4.54. The smallest absolute Gasteiger partial charge is 0.262 e. The molecule has 0 saturated carbocycles. The molecule has 7 nitrogen and oxygen atoms in total. The number of thioether (sulfide) groups is 1. The van der Waals surface area contributed by atoms with Gasteiger partial charge in [0.1, 0.15) is 0 Å². The van der Waals surface area contributed by atoms with E-state index < -0.39 is 0 Å². The molecule has 1 amide bonds. The summed E-state index contributed by atoms with van der Waals surface area (Å²) in [5, 5.41) is 12.2. The van der Waals surface area contributed by atoms with Crippen molar-refractivity contribution in [3.05, 3.63) is 47.3 Å². The number of hydrogen-bond donors (Lipinski definition) is 1. The van der Waals surface area contributed by atoms with Gasteiger partial charge in [-0.1, -0.05) is 49.7 Å². The van der Waals surface area contributed by atoms with E-state index in [0.29, 0.717) is 29.4 Å². The van der Waals surface area contributed by atoms with E-state index in [2.05, 4.69) is 29.0 Å². The second-order valence-corrected chi connectivity index (χ2v) is 7.90. The second kappa shape index (κ2) is 9.05. The summed E-state index contributed by atoms with van der Waals surface area (Å²) in [6, 6.07) is 7.45. The number of hydrogen-bond acceptors (Lipinski definition) is 5. The molecule has 1 atom stereocenters. The van der Waals surface area contributed by atoms with Crippen LogP contribution in [0.4, 0.5) is 0 Å². The van der Waals surface area contributed by atoms with Crippen molar-refractivity contribution in [3.63, 3.8) is 0 Å². The van der Waals surface area contributed by atoms with Crippen LogP contribution in [0.1, 0.15) is 33.1 Å². The standard InChI is InChI=1S/C20H25N5O2S/c1-4-6-9-13-24-18(27)15-10-7-8-11-16(15)25-19(24)22-23-20(25)28-14(3)17(26)21-12-5-2/h5,7-8,10-11,14H,2,4,6,9,12-13H2,1,3H3,(H,21,26). The van der Waals surface area contributed by atoms with Crippen molar-refractivity contribution in [2.24, 2.45) is 0 Å². The van der Waals surface area contributed by atoms with Crippen LogP contribution < -0.4 is 10.9 Å². The average molecular weight is 400 g/mol. The van der Waals surface area contributed by atoms with Crippen molar-refractivity contribution in [1.82, 2.24) is 24.5 Å². The van der Waals surface area contributed by atoms with Gasteiger partial charge in [0.2, 0.25) is 11.7 Å². The fourth-order valence-electron chi connectivity index (χ4n) is 3.06. The van der Waals surface area contributed by atoms with Crippen LogP contribution in [0.2, 0.25) is 0 Å². The molecule has 0 aliphatic heterocycles. The van der Waals surface area contributed by atoms with Crippen LogP contribution in [0.15, 0.2) is 46.9 Å². The number of benzene rings is 1. The summed E-state index contributed by atoms with van der Waals surface area (Å²) >= 11 is 1.32. The lowest BCUT2D eigenvalue weighted by Crippen LogP contribution is -2.31. The second-order valence-electron chi connectivity index (χ2n) is 6.59. The molecule has 1 aromatic carbocycles. The van der Waals surface area contributed by atoms with Gasteiger partial charge in [0.15, 0.2) is 5.16 Å². The highest BCUT2D eigenvalue weighted by atomic mass is 32.2. The topological polar surface area (TPSA) is 81.3 Å². The molecule has 0 aliphatic carbocycles. The first kappa shape index (κ1) is 20.1. The van der Waals surface area contributed by atoms with E-state index in [9.17, 15) is 9.59 Å². The zero-order valence-electron chi connectivity index (χ0n) is 16.2. The fourth-order valence-corrected chi connectivity index (χ4v) is 3.94. The monoisotopic (exact) mass is 399 g/mol. The maximum Gasteiger partial charge on any atom is 0.262 e. The molecule has 28 heavy (non-hydrogen) atoms. The lowest BCUT2D eigenvalue weighted by molar-refractivity contribution is -0.120. The number of carbonyl (C=O) groups excluding carboxylic acids is 1. The first-order chi connectivity index (χ1) is 13.6. The summed E-state index contributed by atoms with van der Waals surface area (Å²) < 4.78 is 3.57. The minimum atomic E-state index is -0.355. The van der Waals surface area contributed by atoms with Crippen LogP contribution in [0.25, 0.3) is 16.7 Å². The third kappa shape index (κ3) is 3.96. The molecule has 0 spiro atoms. The maximum absolute atomic E-state index is 13.0. The Kier molecular flexibility index (Phi) is 6.51. The van der Waals surface area contributed by atoms with E-state index in [1.165, 1.54) is 11.8 Å². The number of carbonyl (C=O) groups is 1. The van der Waals surface area contributed by atoms with Gasteiger partial charge in [-0.2, -0.15) is 0 Å². The number of para-hydroxylation sites is 1. The Hall–Kier alpha value is -2.61. The van der Waals surface area contributed by atoms with E-state index in [-0.39, 0.29) is 16.7 Å². The zero-order chi connectivity index (χ0) is 20.1. The lowest BCUT2D eigenvalue weighted by atomic mass is 10.2. The van der Waals surface area contributed by atoms with Crippen molar-refractivity contribution in [1.29, 1.82) is 0 Å². The van der Waals surface area contributed by atoms with Gasteiger partial charge < -0.3 is 5.32 Å². The Bertz CT molecular complexity index is 1060. The predicted octanol–water partition coefficient (Wildman–Crippen LogP) is 3.02. The highest BCUT2D eigenvalue weighted by Crippen LogP contribution is 2.25. The molecule has 148 valence electrons. The molecule has 0 saturated heterocycles. The van der Waals surface area contributed by atoms with Gasteiger partial charge in [0, 0.05) is 13.1 Å². The van der Waals surface area contributed by atoms with Gasteiger partial charge in [-0.3, -0.25) is 18.6 Å². The number of nitrogens with one attached hydrogen (secondary N) is 1. The van der Waals surface area contributed by atoms with Crippen molar-refractivity contribution >= 4 is 34.3 Å². The Morgan fingerprint density at radius 1 is 1.32 bits per heavy atom. The number of unbranched alkanes of at least 4 members (excludes halogenated alkanes) is 2. The quantitative estimate of drug-likeness (QED) is 0.340. The van der Waals surface area contributed by atoms with Gasteiger partial charge >= 0.3 is 0 Å². The first-order valence-corrected chi connectivity index (χ1v) is 10.4. The van der Waals surface area contributed by atoms with Crippen molar-refractivity contribution in [3.8, 4) is 0 Å². The summed E-state index contributed by atoms with van der Waals surface area (Å²) in [4.78, 5) is 25.2. The maximum atomic E-state index is 13.0. The Morgan fingerprint density at radius 3 is 2.86 bits per heavy atom. The molecular weight excluding hydrogens is 374 g/mol. The van der Waals surface area contributed by atoms with Crippen LogP contribution in [-0.2, 0) is 11.3 Å². The number of fused-ring (bicyclic) bond motifs is 3. The zero-order valence-corrected chi connectivity index (χ0v) is 17.0. The lowest BCUT2D eigenvalue weighted by Gasteiger charge is -2.13. The van der Waals surface area contributed by atoms with E-state index in [1.54, 1.807) is 10.6 Å². The summed E-state index contributed by atoms with van der Waals surface area (Å²) in [5.41, 5.74) is 0.695. The summed E-state index contributed by atoms with van der Waals surface area (Å²) in [5.74, 6) is 0.420. The van der Waals surface area contributed by atoms with Crippen molar-refractivity contribution in [2.45, 2.75) is 50.1 Å². The van der Waals surface area contributed by atoms with Crippen LogP contribution in [0.5, 0.6) is 0 Å². The largest absolute Gasteiger partial charge is 0.352 e. The molecule has 8 heteroatoms. The van der Waals surface area contributed by atoms with Crippen LogP contribution in [-0.4, -0.2) is 36.9 Å². The predicted molar refractivity (Wildman–Crippen MR) is 113 cm³/mol. The fraction of sp³-hybridized carbons (Fsp3) is 0.400. The molecule has 3 rings (SSSR count). The van der Waals surface area contributed by atoms with Gasteiger partial charge in [-0.05, 0) is 25.5 Å². The molecule has 3 aromatic rings. The van der Waals surface area contributed by atoms with E-state index >= 15 is 0 Å². The minimum absolute atomic E-state index is 0.0556. The SMILES string of the molecule is C=CCNC(=O)C(C)Sc1nnc2n(CCCCC)c(=O)c3ccccc3n12. The Labute approximate surface area is 167 Å². The van der Waals surface area contributed by atoms with Gasteiger partial charge in [-0.15, -0.1) is 16.8 Å². The highest BCUT2D eigenvalue weighted by Gasteiger charge is 2.21. The molecule has 1 unspecified atom stereocenters. The number of aromatic nitrogens is 4. The van der Waals surface area contributed by atoms with Crippen LogP contribution >= 0.6 is 11.8 Å². The van der Waals surface area contributed by atoms with Crippen molar-refractivity contribution < 1.29 is 4.79 Å². The van der Waals surface area contributed by atoms with E-state index in [4.69, 9.17) is 0 Å². The average Bonchev–Trinajstić information content (AvgIpc) is 3.12. The van der Waals surface area contributed by atoms with Gasteiger partial charge in [0.05, 0.1) is 16.2 Å². The molecule has 1 N–H and O–H groups in total. The van der Waals surface area contributed by atoms with Crippen LogP contribution in [0, 0.1) is 0 Å². The number of amides is 1. The molecule has 0 radical (unpaired) electrons. The molecule has 2 aromatic heterocycles. The van der Waals surface area contributed by atoms with Crippen molar-refractivity contribution in [2.75, 3.05) is 6.54 Å². The minimum Gasteiger partial charge on any atom is -0.352 e. The number of aryl methyl sites for hydroxylation is 1. The molecule has 0 aliphatic rings. The normalized spacial score (nSPS) is 12.4. The summed E-state index contributed by atoms with van der Waals surface area (Å²) in [6.45, 7) is 8.58. The third-order valence-corrected chi connectivity index (χ3v) is 5.58. The molecular formula is C20H25N5O2S. The first-order valence-electron chi connectivity index (χ1n) is 9.50. The number of nitrogens with zero attached hydrogens (tertiary/aromatic N) is 4. The number of rotatable bonds is 9. The Balaban J connectivity index is 2.07. The summed E-state index contributed by atoms with van der Waals surface area (Å²) in [6.07, 6.45) is 4.66. The molecule has 0 bridgehead atoms. The van der Waals surface area contributed by atoms with E-state index in [1.807, 2.05) is 35.6 Å². The van der Waals surface area contributed by atoms with Gasteiger partial charge in [0.25, 0.3) is 5.56 Å².